The van der Waals surface area contributed by atoms with Gasteiger partial charge in [-0.1, -0.05) is 12.1 Å². The lowest BCUT2D eigenvalue weighted by atomic mass is 9.82. The van der Waals surface area contributed by atoms with Gasteiger partial charge < -0.3 is 29.0 Å². The van der Waals surface area contributed by atoms with E-state index in [2.05, 4.69) is 9.97 Å². The van der Waals surface area contributed by atoms with Gasteiger partial charge in [0, 0.05) is 54.4 Å². The molecule has 2 bridgehead atoms. The Kier molecular flexibility index (Phi) is 8.61. The number of hydrogen-bond acceptors (Lipinski definition) is 8. The van der Waals surface area contributed by atoms with Gasteiger partial charge >= 0.3 is 0 Å². The molecule has 4 unspecified atom stereocenters. The van der Waals surface area contributed by atoms with Gasteiger partial charge in [-0.15, -0.1) is 0 Å². The highest BCUT2D eigenvalue weighted by molar-refractivity contribution is 7.71. The smallest absolute Gasteiger partial charge is 0.259 e. The van der Waals surface area contributed by atoms with Crippen molar-refractivity contribution in [2.24, 2.45) is 5.92 Å². The molecule has 1 aromatic carbocycles. The van der Waals surface area contributed by atoms with Gasteiger partial charge in [0.1, 0.15) is 12.3 Å². The number of piperidine rings is 1. The molecule has 4 N–H and O–H groups in total. The normalized spacial score (nSPS) is 19.4. The second kappa shape index (κ2) is 12.5. The summed E-state index contributed by atoms with van der Waals surface area (Å²) in [5, 5.41) is 25.2. The monoisotopic (exact) mass is 664 g/mol. The summed E-state index contributed by atoms with van der Waals surface area (Å²) in [5.41, 5.74) is 0.497. The van der Waals surface area contributed by atoms with Gasteiger partial charge in [-0.3, -0.25) is 28.9 Å². The van der Waals surface area contributed by atoms with Crippen LogP contribution in [-0.2, 0) is 26.2 Å². The first kappa shape index (κ1) is 31.7. The van der Waals surface area contributed by atoms with Crippen LogP contribution in [-0.4, -0.2) is 49.0 Å². The lowest BCUT2D eigenvalue weighted by Gasteiger charge is -2.40. The van der Waals surface area contributed by atoms with Gasteiger partial charge in [0.15, 0.2) is 9.54 Å². The lowest BCUT2D eigenvalue weighted by Crippen LogP contribution is -3.13. The first-order valence-corrected chi connectivity index (χ1v) is 16.2. The van der Waals surface area contributed by atoms with Gasteiger partial charge in [0.2, 0.25) is 5.88 Å². The minimum absolute atomic E-state index is 0.0202. The Labute approximate surface area is 274 Å². The minimum atomic E-state index is -1.25. The third-order valence-corrected chi connectivity index (χ3v) is 10.00. The largest absolute Gasteiger partial charge is 0.860 e. The summed E-state index contributed by atoms with van der Waals surface area (Å²) >= 11 is 10.5. The highest BCUT2D eigenvalue weighted by atomic mass is 32.1. The van der Waals surface area contributed by atoms with Gasteiger partial charge in [-0.05, 0) is 74.3 Å². The number of methoxy groups -OCH3 is 1. The van der Waals surface area contributed by atoms with E-state index in [4.69, 9.17) is 29.2 Å². The van der Waals surface area contributed by atoms with Crippen LogP contribution in [0.25, 0.3) is 0 Å². The van der Waals surface area contributed by atoms with Crippen molar-refractivity contribution in [2.45, 2.75) is 58.3 Å². The molecular formula is C32H36N6O6S2. The van der Waals surface area contributed by atoms with Gasteiger partial charge in [-0.2, -0.15) is 0 Å². The molecular weight excluding hydrogens is 629 g/mol. The summed E-state index contributed by atoms with van der Waals surface area (Å²) in [6.07, 6.45) is 1.02. The number of nitrogens with zero attached hydrogens (tertiary/aromatic N) is 3. The van der Waals surface area contributed by atoms with Crippen LogP contribution in [0.2, 0.25) is 0 Å². The summed E-state index contributed by atoms with van der Waals surface area (Å²) in [5.74, 6) is -1.13. The van der Waals surface area contributed by atoms with Crippen LogP contribution in [0.4, 0.5) is 0 Å². The van der Waals surface area contributed by atoms with Crippen molar-refractivity contribution < 1.29 is 19.8 Å². The van der Waals surface area contributed by atoms with Crippen LogP contribution >= 0.6 is 24.4 Å². The number of aromatic amines is 2. The molecule has 46 heavy (non-hydrogen) atoms. The number of quaternary nitrogens is 1. The predicted octanol–water partition coefficient (Wildman–Crippen LogP) is 1.50. The molecule has 0 radical (unpaired) electrons. The highest BCUT2D eigenvalue weighted by Gasteiger charge is 2.38. The first-order chi connectivity index (χ1) is 22.1. The Morgan fingerprint density at radius 3 is 2.41 bits per heavy atom. The number of pyridine rings is 1. The van der Waals surface area contributed by atoms with Crippen molar-refractivity contribution in [1.82, 2.24) is 23.7 Å². The van der Waals surface area contributed by atoms with Crippen molar-refractivity contribution in [1.29, 1.82) is 0 Å². The molecule has 0 saturated carbocycles. The van der Waals surface area contributed by atoms with Gasteiger partial charge in [0.25, 0.3) is 16.7 Å². The number of ether oxygens (including phenoxy) is 1. The molecule has 0 amide bonds. The number of benzene rings is 1. The maximum Gasteiger partial charge on any atom is 0.259 e. The maximum atomic E-state index is 13.8. The highest BCUT2D eigenvalue weighted by Crippen LogP contribution is 2.38. The molecule has 6 rings (SSSR count). The molecule has 4 aromatic rings. The Morgan fingerprint density at radius 2 is 1.72 bits per heavy atom. The van der Waals surface area contributed by atoms with Crippen molar-refractivity contribution in [2.75, 3.05) is 20.2 Å². The number of nitrogens with one attached hydrogen (secondary N) is 3. The lowest BCUT2D eigenvalue weighted by molar-refractivity contribution is -0.924. The molecule has 3 aromatic heterocycles. The van der Waals surface area contributed by atoms with E-state index in [-0.39, 0.29) is 45.2 Å². The van der Waals surface area contributed by atoms with E-state index in [1.54, 1.807) is 39.2 Å². The van der Waals surface area contributed by atoms with E-state index in [9.17, 15) is 24.6 Å². The van der Waals surface area contributed by atoms with Gasteiger partial charge in [-0.25, -0.2) is 0 Å². The van der Waals surface area contributed by atoms with Crippen LogP contribution in [0.5, 0.6) is 17.5 Å². The number of rotatable bonds is 8. The van der Waals surface area contributed by atoms with E-state index in [0.717, 1.165) is 30.8 Å². The molecule has 0 aliphatic carbocycles. The van der Waals surface area contributed by atoms with Crippen LogP contribution in [0, 0.1) is 15.5 Å². The summed E-state index contributed by atoms with van der Waals surface area (Å²) in [6, 6.07) is 10.8. The average molecular weight is 665 g/mol. The second-order valence-electron chi connectivity index (χ2n) is 12.0. The van der Waals surface area contributed by atoms with Crippen LogP contribution in [0.3, 0.4) is 0 Å². The fourth-order valence-corrected chi connectivity index (χ4v) is 7.98. The topological polar surface area (TPSA) is 155 Å². The zero-order chi connectivity index (χ0) is 32.9. The van der Waals surface area contributed by atoms with E-state index in [0.29, 0.717) is 30.3 Å². The van der Waals surface area contributed by atoms with E-state index in [1.807, 2.05) is 22.8 Å². The quantitative estimate of drug-likeness (QED) is 0.207. The molecule has 1 saturated heterocycles. The Bertz CT molecular complexity index is 2050. The Balaban J connectivity index is 1.49. The van der Waals surface area contributed by atoms with Crippen molar-refractivity contribution in [3.8, 4) is 17.5 Å². The fraction of sp³-hybridized carbons (Fsp3) is 0.406. The third-order valence-electron chi connectivity index (χ3n) is 9.35. The zero-order valence-corrected chi connectivity index (χ0v) is 27.4. The first-order valence-electron chi connectivity index (χ1n) is 15.4. The Hall–Kier alpha value is -4.27. The van der Waals surface area contributed by atoms with Crippen molar-refractivity contribution in [3.05, 3.63) is 105 Å². The summed E-state index contributed by atoms with van der Waals surface area (Å²) in [4.78, 5) is 46.1. The van der Waals surface area contributed by atoms with Gasteiger partial charge in [0.05, 0.1) is 31.7 Å². The molecule has 0 spiro atoms. The summed E-state index contributed by atoms with van der Waals surface area (Å²) < 4.78 is 10.2. The average Bonchev–Trinajstić information content (AvgIpc) is 3.01. The molecule has 12 nitrogen and oxygen atoms in total. The number of H-pyrrole nitrogens is 2. The number of hydrogen-bond donors (Lipinski definition) is 4. The second-order valence-corrected chi connectivity index (χ2v) is 12.8. The third kappa shape index (κ3) is 5.43. The molecule has 5 heterocycles. The number of aromatic nitrogens is 5. The SMILES string of the molecule is CCn1c([O-])c(C(c2ccc(OC)c(C[NH+]3CC4CC(C3)c3cccc(=O)n3C4)c2)c2c(O)n(CC)c(=S)[nH]c2=O)c(=O)[nH]c1=S. The standard InChI is InChI=1S/C32H36N6O6S2/c1-4-36-29(42)25(27(40)33-31(36)45)24(26-28(41)34-32(46)37(5-2)30(26)43)18-9-10-22(44-3)20(12-18)16-35-13-17-11-19(15-35)21-7-6-8-23(39)38(21)14-17/h6-10,12,17,19,24,42-43H,4-5,11,13-16H2,1-3H3,(H,33,40,45)(H,34,41,46). The van der Waals surface area contributed by atoms with E-state index < -0.39 is 28.8 Å². The van der Waals surface area contributed by atoms with Crippen LogP contribution in [0.1, 0.15) is 60.1 Å². The number of aromatic hydroxyl groups is 1. The molecule has 1 fully saturated rings. The maximum absolute atomic E-state index is 13.8. The van der Waals surface area contributed by atoms with E-state index >= 15 is 0 Å². The van der Waals surface area contributed by atoms with Crippen molar-refractivity contribution in [3.63, 3.8) is 0 Å². The molecule has 4 atom stereocenters. The Morgan fingerprint density at radius 1 is 1.02 bits per heavy atom. The van der Waals surface area contributed by atoms with Crippen LogP contribution in [0.15, 0.2) is 50.8 Å². The molecule has 2 aliphatic rings. The predicted molar refractivity (Wildman–Crippen MR) is 174 cm³/mol. The van der Waals surface area contributed by atoms with Crippen LogP contribution < -0.4 is 31.4 Å². The molecule has 14 heteroatoms. The molecule has 242 valence electrons. The zero-order valence-electron chi connectivity index (χ0n) is 25.8. The molecule has 2 aliphatic heterocycles. The number of likely N-dealkylation sites (tertiary alicyclic amines) is 1. The number of fused-ring (bicyclic) bond motifs is 4. The summed E-state index contributed by atoms with van der Waals surface area (Å²) in [6.45, 7) is 6.83. The van der Waals surface area contributed by atoms with Crippen molar-refractivity contribution >= 4 is 24.4 Å². The summed E-state index contributed by atoms with van der Waals surface area (Å²) in [7, 11) is 1.58. The minimum Gasteiger partial charge on any atom is -0.860 e. The fourth-order valence-electron chi connectivity index (χ4n) is 7.36. The van der Waals surface area contributed by atoms with E-state index in [1.165, 1.54) is 14.0 Å².